The van der Waals surface area contributed by atoms with Crippen LogP contribution in [0.4, 0.5) is 0 Å². The van der Waals surface area contributed by atoms with Crippen molar-refractivity contribution in [1.82, 2.24) is 10.6 Å². The van der Waals surface area contributed by atoms with Gasteiger partial charge in [0.15, 0.2) is 5.96 Å². The lowest BCUT2D eigenvalue weighted by Gasteiger charge is -2.30. The Morgan fingerprint density at radius 1 is 1.30 bits per heavy atom. The molecule has 0 aliphatic heterocycles. The number of aliphatic hydroxyl groups is 1. The van der Waals surface area contributed by atoms with E-state index >= 15 is 0 Å². The molecule has 6 heteroatoms. The lowest BCUT2D eigenvalue weighted by atomic mass is 9.83. The Bertz CT molecular complexity index is 720. The van der Waals surface area contributed by atoms with Gasteiger partial charge in [-0.2, -0.15) is 0 Å². The summed E-state index contributed by atoms with van der Waals surface area (Å²) in [5, 5.41) is 18.5. The Morgan fingerprint density at radius 2 is 2.07 bits per heavy atom. The smallest absolute Gasteiger partial charge is 0.191 e. The molecule has 0 saturated heterocycles. The summed E-state index contributed by atoms with van der Waals surface area (Å²) in [5.41, 5.74) is 0.303. The molecule has 1 aliphatic carbocycles. The molecule has 0 spiro atoms. The van der Waals surface area contributed by atoms with Gasteiger partial charge in [0.2, 0.25) is 0 Å². The minimum Gasteiger partial charge on any atom is -0.386 e. The fourth-order valence-electron chi connectivity index (χ4n) is 3.91. The van der Waals surface area contributed by atoms with E-state index in [9.17, 15) is 5.11 Å². The first-order valence-electron chi connectivity index (χ1n) is 9.76. The standard InChI is InChI=1S/C21H31N3O2S/c1-22-20(24-15-21(11-12-26-2)9-5-6-10-21)23-14-17(25)19-13-16-7-3-4-8-18(16)27-19/h3-4,7-8,13,17,25H,5-6,9-12,14-15H2,1-2H3,(H2,22,23,24). The van der Waals surface area contributed by atoms with E-state index in [-0.39, 0.29) is 0 Å². The monoisotopic (exact) mass is 389 g/mol. The summed E-state index contributed by atoms with van der Waals surface area (Å²) in [5.74, 6) is 0.749. The van der Waals surface area contributed by atoms with E-state index in [2.05, 4.69) is 33.8 Å². The highest BCUT2D eigenvalue weighted by Crippen LogP contribution is 2.40. The van der Waals surface area contributed by atoms with Crippen LogP contribution in [0.3, 0.4) is 0 Å². The second-order valence-electron chi connectivity index (χ2n) is 7.46. The summed E-state index contributed by atoms with van der Waals surface area (Å²) in [4.78, 5) is 5.30. The zero-order valence-corrected chi connectivity index (χ0v) is 17.1. The molecule has 1 saturated carbocycles. The van der Waals surface area contributed by atoms with Crippen molar-refractivity contribution in [2.45, 2.75) is 38.2 Å². The first-order valence-corrected chi connectivity index (χ1v) is 10.6. The molecule has 0 amide bonds. The predicted octanol–water partition coefficient (Wildman–Crippen LogP) is 3.70. The van der Waals surface area contributed by atoms with E-state index in [1.807, 2.05) is 12.1 Å². The van der Waals surface area contributed by atoms with Crippen molar-refractivity contribution in [3.63, 3.8) is 0 Å². The third-order valence-corrected chi connectivity index (χ3v) is 6.81. The molecule has 3 N–H and O–H groups in total. The van der Waals surface area contributed by atoms with Crippen LogP contribution in [-0.2, 0) is 4.74 Å². The van der Waals surface area contributed by atoms with Gasteiger partial charge in [0.1, 0.15) is 6.10 Å². The van der Waals surface area contributed by atoms with Gasteiger partial charge in [-0.15, -0.1) is 11.3 Å². The lowest BCUT2D eigenvalue weighted by molar-refractivity contribution is 0.138. The number of aliphatic hydroxyl groups excluding tert-OH is 1. The lowest BCUT2D eigenvalue weighted by Crippen LogP contribution is -2.44. The number of hydrogen-bond donors (Lipinski definition) is 3. The molecule has 148 valence electrons. The molecule has 3 rings (SSSR count). The van der Waals surface area contributed by atoms with Crippen molar-refractivity contribution < 1.29 is 9.84 Å². The first kappa shape index (κ1) is 20.1. The van der Waals surface area contributed by atoms with Crippen LogP contribution in [0, 0.1) is 5.41 Å². The predicted molar refractivity (Wildman–Crippen MR) is 114 cm³/mol. The first-order chi connectivity index (χ1) is 13.2. The highest BCUT2D eigenvalue weighted by molar-refractivity contribution is 7.19. The summed E-state index contributed by atoms with van der Waals surface area (Å²) >= 11 is 1.64. The number of benzene rings is 1. The number of methoxy groups -OCH3 is 1. The third kappa shape index (κ3) is 5.21. The molecule has 2 aromatic rings. The van der Waals surface area contributed by atoms with E-state index in [0.717, 1.165) is 30.4 Å². The van der Waals surface area contributed by atoms with Crippen molar-refractivity contribution >= 4 is 27.4 Å². The quantitative estimate of drug-likeness (QED) is 0.476. The van der Waals surface area contributed by atoms with E-state index in [1.54, 1.807) is 25.5 Å². The average molecular weight is 390 g/mol. The molecule has 0 radical (unpaired) electrons. The maximum Gasteiger partial charge on any atom is 0.191 e. The number of hydrogen-bond acceptors (Lipinski definition) is 4. The minimum absolute atomic E-state index is 0.303. The fraction of sp³-hybridized carbons (Fsp3) is 0.571. The van der Waals surface area contributed by atoms with Crippen LogP contribution in [0.2, 0.25) is 0 Å². The number of nitrogens with zero attached hydrogens (tertiary/aromatic N) is 1. The highest BCUT2D eigenvalue weighted by Gasteiger charge is 2.33. The van der Waals surface area contributed by atoms with Gasteiger partial charge in [-0.05, 0) is 42.2 Å². The molecule has 1 atom stereocenters. The fourth-order valence-corrected chi connectivity index (χ4v) is 4.96. The number of rotatable bonds is 8. The van der Waals surface area contributed by atoms with Crippen molar-refractivity contribution in [3.05, 3.63) is 35.2 Å². The molecule has 1 unspecified atom stereocenters. The van der Waals surface area contributed by atoms with Gasteiger partial charge in [0, 0.05) is 43.4 Å². The summed E-state index contributed by atoms with van der Waals surface area (Å²) < 4.78 is 6.51. The molecular weight excluding hydrogens is 358 g/mol. The Morgan fingerprint density at radius 3 is 2.78 bits per heavy atom. The zero-order chi connectivity index (χ0) is 19.1. The number of guanidine groups is 1. The Balaban J connectivity index is 1.52. The minimum atomic E-state index is -0.546. The molecule has 1 aliphatic rings. The van der Waals surface area contributed by atoms with E-state index in [0.29, 0.717) is 12.0 Å². The average Bonchev–Trinajstić information content (AvgIpc) is 3.34. The second kappa shape index (κ2) is 9.53. The Labute approximate surface area is 165 Å². The van der Waals surface area contributed by atoms with Crippen LogP contribution in [0.25, 0.3) is 10.1 Å². The van der Waals surface area contributed by atoms with Crippen molar-refractivity contribution in [2.75, 3.05) is 33.9 Å². The molecule has 1 fully saturated rings. The van der Waals surface area contributed by atoms with Gasteiger partial charge >= 0.3 is 0 Å². The van der Waals surface area contributed by atoms with Crippen LogP contribution in [-0.4, -0.2) is 44.9 Å². The normalized spacial score (nSPS) is 18.0. The van der Waals surface area contributed by atoms with Gasteiger partial charge in [0.25, 0.3) is 0 Å². The molecule has 0 bridgehead atoms. The number of nitrogens with one attached hydrogen (secondary N) is 2. The zero-order valence-electron chi connectivity index (χ0n) is 16.3. The number of thiophene rings is 1. The third-order valence-electron chi connectivity index (χ3n) is 5.59. The number of aliphatic imine (C=N–C) groups is 1. The van der Waals surface area contributed by atoms with Crippen LogP contribution in [0.15, 0.2) is 35.3 Å². The molecule has 1 aromatic carbocycles. The summed E-state index contributed by atoms with van der Waals surface area (Å²) in [6.07, 6.45) is 5.60. The maximum atomic E-state index is 10.6. The Hall–Kier alpha value is -1.63. The SMILES string of the molecule is CN=C(NCC(O)c1cc2ccccc2s1)NCC1(CCOC)CCCC1. The summed E-state index contributed by atoms with van der Waals surface area (Å²) in [7, 11) is 3.55. The van der Waals surface area contributed by atoms with Gasteiger partial charge in [-0.25, -0.2) is 0 Å². The van der Waals surface area contributed by atoms with Crippen LogP contribution in [0.5, 0.6) is 0 Å². The summed E-state index contributed by atoms with van der Waals surface area (Å²) in [6.45, 7) is 2.14. The van der Waals surface area contributed by atoms with Crippen LogP contribution >= 0.6 is 11.3 Å². The molecule has 1 heterocycles. The summed E-state index contributed by atoms with van der Waals surface area (Å²) in [6, 6.07) is 10.3. The molecule has 27 heavy (non-hydrogen) atoms. The maximum absolute atomic E-state index is 10.6. The topological polar surface area (TPSA) is 65.9 Å². The highest BCUT2D eigenvalue weighted by atomic mass is 32.1. The van der Waals surface area contributed by atoms with E-state index < -0.39 is 6.10 Å². The van der Waals surface area contributed by atoms with Gasteiger partial charge in [-0.3, -0.25) is 4.99 Å². The van der Waals surface area contributed by atoms with Crippen molar-refractivity contribution in [3.8, 4) is 0 Å². The van der Waals surface area contributed by atoms with Crippen LogP contribution < -0.4 is 10.6 Å². The van der Waals surface area contributed by atoms with Crippen molar-refractivity contribution in [1.29, 1.82) is 0 Å². The van der Waals surface area contributed by atoms with Gasteiger partial charge in [0.05, 0.1) is 0 Å². The van der Waals surface area contributed by atoms with Crippen molar-refractivity contribution in [2.24, 2.45) is 10.4 Å². The van der Waals surface area contributed by atoms with Gasteiger partial charge in [-0.1, -0.05) is 31.0 Å². The van der Waals surface area contributed by atoms with Gasteiger partial charge < -0.3 is 20.5 Å². The number of fused-ring (bicyclic) bond motifs is 1. The molecule has 1 aromatic heterocycles. The second-order valence-corrected chi connectivity index (χ2v) is 8.57. The molecule has 5 nitrogen and oxygen atoms in total. The van der Waals surface area contributed by atoms with E-state index in [4.69, 9.17) is 4.74 Å². The molecular formula is C21H31N3O2S. The largest absolute Gasteiger partial charge is 0.386 e. The number of ether oxygens (including phenoxy) is 1. The Kier molecular flexibility index (Phi) is 7.10. The van der Waals surface area contributed by atoms with Crippen LogP contribution in [0.1, 0.15) is 43.1 Å². The van der Waals surface area contributed by atoms with E-state index in [1.165, 1.54) is 35.8 Å².